The fraction of sp³-hybridized carbons (Fsp3) is 0.133. The molecule has 1 aliphatic rings. The molecule has 98 valence electrons. The maximum atomic E-state index is 11.8. The average Bonchev–Trinajstić information content (AvgIpc) is 2.47. The van der Waals surface area contributed by atoms with Gasteiger partial charge in [0, 0.05) is 17.4 Å². The third-order valence-corrected chi connectivity index (χ3v) is 3.88. The van der Waals surface area contributed by atoms with Crippen LogP contribution in [-0.2, 0) is 11.2 Å². The van der Waals surface area contributed by atoms with Crippen LogP contribution in [0, 0.1) is 0 Å². The van der Waals surface area contributed by atoms with Gasteiger partial charge in [0.05, 0.1) is 22.7 Å². The maximum Gasteiger partial charge on any atom is 0.357 e. The first-order chi connectivity index (χ1) is 9.74. The first-order valence-electron chi connectivity index (χ1n) is 6.29. The Morgan fingerprint density at radius 2 is 2.00 bits per heavy atom. The largest absolute Gasteiger partial charge is 0.461 e. The van der Waals surface area contributed by atoms with E-state index in [2.05, 4.69) is 9.97 Å². The summed E-state index contributed by atoms with van der Waals surface area (Å²) in [5, 5.41) is 1.47. The number of carbonyl (C=O) groups excluding carboxylic acids is 1. The highest BCUT2D eigenvalue weighted by atomic mass is 35.5. The summed E-state index contributed by atoms with van der Waals surface area (Å²) in [6.45, 7) is 0.340. The standard InChI is InChI=1S/C15H9ClN2O2/c16-12-9-5-6-20-15(19)13(9)18-11-7-8-3-1-2-4-10(8)17-14(11)12/h1-4,7H,5-6H2. The molecule has 0 fully saturated rings. The van der Waals surface area contributed by atoms with Crippen LogP contribution in [-0.4, -0.2) is 22.5 Å². The Balaban J connectivity index is 2.14. The molecule has 3 aromatic rings. The van der Waals surface area contributed by atoms with Gasteiger partial charge in [0.1, 0.15) is 5.52 Å². The van der Waals surface area contributed by atoms with Crippen molar-refractivity contribution in [3.05, 3.63) is 46.6 Å². The van der Waals surface area contributed by atoms with Crippen LogP contribution in [0.3, 0.4) is 0 Å². The van der Waals surface area contributed by atoms with E-state index >= 15 is 0 Å². The van der Waals surface area contributed by atoms with Crippen molar-refractivity contribution in [3.8, 4) is 0 Å². The van der Waals surface area contributed by atoms with E-state index in [-0.39, 0.29) is 0 Å². The van der Waals surface area contributed by atoms with E-state index < -0.39 is 5.97 Å². The minimum Gasteiger partial charge on any atom is -0.461 e. The van der Waals surface area contributed by atoms with E-state index in [0.29, 0.717) is 34.8 Å². The molecule has 2 aromatic heterocycles. The van der Waals surface area contributed by atoms with Gasteiger partial charge >= 0.3 is 5.97 Å². The summed E-state index contributed by atoms with van der Waals surface area (Å²) >= 11 is 6.41. The van der Waals surface area contributed by atoms with Gasteiger partial charge in [-0.25, -0.2) is 14.8 Å². The van der Waals surface area contributed by atoms with E-state index in [4.69, 9.17) is 16.3 Å². The molecule has 4 rings (SSSR count). The van der Waals surface area contributed by atoms with Crippen LogP contribution in [0.4, 0.5) is 0 Å². The number of fused-ring (bicyclic) bond motifs is 3. The number of esters is 1. The lowest BCUT2D eigenvalue weighted by molar-refractivity contribution is 0.0472. The van der Waals surface area contributed by atoms with Gasteiger partial charge in [0.2, 0.25) is 0 Å². The molecule has 3 heterocycles. The Labute approximate surface area is 119 Å². The summed E-state index contributed by atoms with van der Waals surface area (Å²) in [5.74, 6) is -0.414. The zero-order valence-electron chi connectivity index (χ0n) is 10.4. The smallest absolute Gasteiger partial charge is 0.357 e. The molecule has 0 saturated heterocycles. The van der Waals surface area contributed by atoms with Crippen molar-refractivity contribution in [1.82, 2.24) is 9.97 Å². The van der Waals surface area contributed by atoms with Crippen LogP contribution in [0.1, 0.15) is 16.1 Å². The minimum atomic E-state index is -0.414. The number of carbonyl (C=O) groups is 1. The van der Waals surface area contributed by atoms with E-state index in [1.54, 1.807) is 0 Å². The number of ether oxygens (including phenoxy) is 1. The van der Waals surface area contributed by atoms with Crippen LogP contribution in [0.5, 0.6) is 0 Å². The SMILES string of the molecule is O=C1OCCc2c1nc1cc3ccccc3nc1c2Cl. The summed E-state index contributed by atoms with van der Waals surface area (Å²) in [6.07, 6.45) is 0.581. The van der Waals surface area contributed by atoms with Crippen molar-refractivity contribution in [3.63, 3.8) is 0 Å². The predicted octanol–water partition coefficient (Wildman–Crippen LogP) is 3.15. The molecule has 0 N–H and O–H groups in total. The Bertz CT molecular complexity index is 877. The zero-order valence-corrected chi connectivity index (χ0v) is 11.1. The second kappa shape index (κ2) is 4.15. The van der Waals surface area contributed by atoms with Gasteiger partial charge in [0.15, 0.2) is 5.69 Å². The topological polar surface area (TPSA) is 52.1 Å². The average molecular weight is 285 g/mol. The molecule has 1 aromatic carbocycles. The Hall–Kier alpha value is -2.20. The molecule has 0 radical (unpaired) electrons. The maximum absolute atomic E-state index is 11.8. The molecule has 0 saturated carbocycles. The lowest BCUT2D eigenvalue weighted by atomic mass is 10.1. The lowest BCUT2D eigenvalue weighted by Crippen LogP contribution is -2.20. The van der Waals surface area contributed by atoms with E-state index in [1.165, 1.54) is 0 Å². The summed E-state index contributed by atoms with van der Waals surface area (Å²) in [5.41, 5.74) is 3.16. The van der Waals surface area contributed by atoms with Gasteiger partial charge in [-0.3, -0.25) is 0 Å². The normalized spacial score (nSPS) is 14.3. The Morgan fingerprint density at radius 3 is 2.90 bits per heavy atom. The van der Waals surface area contributed by atoms with Gasteiger partial charge in [-0.1, -0.05) is 29.8 Å². The molecule has 20 heavy (non-hydrogen) atoms. The second-order valence-electron chi connectivity index (χ2n) is 4.69. The highest BCUT2D eigenvalue weighted by Gasteiger charge is 2.25. The van der Waals surface area contributed by atoms with Gasteiger partial charge in [-0.05, 0) is 12.1 Å². The zero-order chi connectivity index (χ0) is 13.7. The number of hydrogen-bond donors (Lipinski definition) is 0. The number of hydrogen-bond acceptors (Lipinski definition) is 4. The minimum absolute atomic E-state index is 0.311. The fourth-order valence-electron chi connectivity index (χ4n) is 2.50. The molecule has 0 bridgehead atoms. The number of halogens is 1. The van der Waals surface area contributed by atoms with Gasteiger partial charge in [0.25, 0.3) is 0 Å². The number of aromatic nitrogens is 2. The van der Waals surface area contributed by atoms with Crippen molar-refractivity contribution in [1.29, 1.82) is 0 Å². The molecule has 0 amide bonds. The van der Waals surface area contributed by atoms with Crippen molar-refractivity contribution in [2.75, 3.05) is 6.61 Å². The van der Waals surface area contributed by atoms with Crippen molar-refractivity contribution < 1.29 is 9.53 Å². The monoisotopic (exact) mass is 284 g/mol. The van der Waals surface area contributed by atoms with Gasteiger partial charge < -0.3 is 4.74 Å². The lowest BCUT2D eigenvalue weighted by Gasteiger charge is -2.17. The predicted molar refractivity (Wildman–Crippen MR) is 76.0 cm³/mol. The van der Waals surface area contributed by atoms with Gasteiger partial charge in [-0.15, -0.1) is 0 Å². The number of pyridine rings is 2. The van der Waals surface area contributed by atoms with Crippen LogP contribution >= 0.6 is 11.6 Å². The molecular formula is C15H9ClN2O2. The number of nitrogens with zero attached hydrogens (tertiary/aromatic N) is 2. The third-order valence-electron chi connectivity index (χ3n) is 3.47. The molecule has 4 nitrogen and oxygen atoms in total. The number of cyclic esters (lactones) is 1. The third kappa shape index (κ3) is 1.58. The van der Waals surface area contributed by atoms with Gasteiger partial charge in [-0.2, -0.15) is 0 Å². The van der Waals surface area contributed by atoms with Crippen LogP contribution in [0.15, 0.2) is 30.3 Å². The summed E-state index contributed by atoms with van der Waals surface area (Å²) in [7, 11) is 0. The van der Waals surface area contributed by atoms with E-state index in [1.807, 2.05) is 30.3 Å². The fourth-order valence-corrected chi connectivity index (χ4v) is 2.82. The quantitative estimate of drug-likeness (QED) is 0.470. The summed E-state index contributed by atoms with van der Waals surface area (Å²) in [6, 6.07) is 9.64. The number of benzene rings is 1. The molecule has 0 atom stereocenters. The summed E-state index contributed by atoms with van der Waals surface area (Å²) < 4.78 is 5.02. The molecule has 5 heteroatoms. The van der Waals surface area contributed by atoms with Crippen molar-refractivity contribution >= 4 is 39.5 Å². The molecular weight excluding hydrogens is 276 g/mol. The van der Waals surface area contributed by atoms with E-state index in [9.17, 15) is 4.79 Å². The summed E-state index contributed by atoms with van der Waals surface area (Å²) in [4.78, 5) is 20.7. The Morgan fingerprint density at radius 1 is 1.15 bits per heavy atom. The van der Waals surface area contributed by atoms with Crippen molar-refractivity contribution in [2.24, 2.45) is 0 Å². The van der Waals surface area contributed by atoms with Crippen LogP contribution < -0.4 is 0 Å². The molecule has 1 aliphatic heterocycles. The van der Waals surface area contributed by atoms with E-state index in [0.717, 1.165) is 16.5 Å². The molecule has 0 unspecified atom stereocenters. The second-order valence-corrected chi connectivity index (χ2v) is 5.07. The highest BCUT2D eigenvalue weighted by Crippen LogP contribution is 2.31. The van der Waals surface area contributed by atoms with Crippen LogP contribution in [0.25, 0.3) is 21.9 Å². The Kier molecular flexibility index (Phi) is 2.41. The molecule has 0 aliphatic carbocycles. The van der Waals surface area contributed by atoms with Crippen LogP contribution in [0.2, 0.25) is 5.02 Å². The first-order valence-corrected chi connectivity index (χ1v) is 6.67. The first kappa shape index (κ1) is 11.6. The number of para-hydroxylation sites is 1. The van der Waals surface area contributed by atoms with Crippen molar-refractivity contribution in [2.45, 2.75) is 6.42 Å². The molecule has 0 spiro atoms. The number of rotatable bonds is 0. The highest BCUT2D eigenvalue weighted by molar-refractivity contribution is 6.36.